The quantitative estimate of drug-likeness (QED) is 0.650. The lowest BCUT2D eigenvalue weighted by atomic mass is 10.2. The third-order valence-electron chi connectivity index (χ3n) is 3.48. The Morgan fingerprint density at radius 3 is 2.56 bits per heavy atom. The number of primary amides is 1. The first-order valence-corrected chi connectivity index (χ1v) is 8.35. The predicted octanol–water partition coefficient (Wildman–Crippen LogP) is 1.97. The summed E-state index contributed by atoms with van der Waals surface area (Å²) in [5, 5.41) is 3.18. The molecule has 3 aromatic heterocycles. The molecule has 0 saturated carbocycles. The van der Waals surface area contributed by atoms with E-state index in [1.807, 2.05) is 0 Å². The fraction of sp³-hybridized carbons (Fsp3) is 0.214. The number of fused-ring (bicyclic) bond motifs is 1. The lowest BCUT2D eigenvalue weighted by Gasteiger charge is -2.09. The van der Waals surface area contributed by atoms with E-state index < -0.39 is 35.7 Å². The molecule has 3 aromatic rings. The van der Waals surface area contributed by atoms with Gasteiger partial charge in [-0.3, -0.25) is 19.1 Å². The van der Waals surface area contributed by atoms with Crippen LogP contribution in [-0.4, -0.2) is 30.9 Å². The van der Waals surface area contributed by atoms with Gasteiger partial charge in [0, 0.05) is 19.1 Å². The van der Waals surface area contributed by atoms with Crippen molar-refractivity contribution in [3.8, 4) is 0 Å². The number of nitrogens with two attached hydrogens (primary N) is 1. The number of Topliss-reactive ketones (excluding diaryl/α,β-unsaturated/α-hetero) is 1. The number of ketones is 1. The molecule has 142 valence electrons. The van der Waals surface area contributed by atoms with Crippen LogP contribution >= 0.6 is 22.9 Å². The van der Waals surface area contributed by atoms with Gasteiger partial charge in [0.1, 0.15) is 16.3 Å². The predicted molar refractivity (Wildman–Crippen MR) is 89.2 cm³/mol. The zero-order valence-electron chi connectivity index (χ0n) is 13.4. The van der Waals surface area contributed by atoms with Gasteiger partial charge in [0.25, 0.3) is 11.5 Å². The molecule has 1 amide bonds. The maximum absolute atomic E-state index is 13.0. The molecule has 13 heteroatoms. The van der Waals surface area contributed by atoms with Crippen LogP contribution < -0.4 is 11.3 Å². The molecule has 0 aromatic carbocycles. The van der Waals surface area contributed by atoms with E-state index in [4.69, 9.17) is 17.3 Å². The number of thiazole rings is 1. The summed E-state index contributed by atoms with van der Waals surface area (Å²) in [6, 6.07) is 1.59. The Hall–Kier alpha value is -2.73. The Kier molecular flexibility index (Phi) is 4.56. The summed E-state index contributed by atoms with van der Waals surface area (Å²) in [5.74, 6) is -1.50. The van der Waals surface area contributed by atoms with Crippen molar-refractivity contribution in [1.82, 2.24) is 19.2 Å². The van der Waals surface area contributed by atoms with Gasteiger partial charge >= 0.3 is 6.18 Å². The second kappa shape index (κ2) is 6.46. The maximum atomic E-state index is 13.0. The Morgan fingerprint density at radius 2 is 2.00 bits per heavy atom. The summed E-state index contributed by atoms with van der Waals surface area (Å²) in [6.07, 6.45) is -4.71. The van der Waals surface area contributed by atoms with E-state index in [0.717, 1.165) is 21.8 Å². The molecule has 27 heavy (non-hydrogen) atoms. The third-order valence-corrected chi connectivity index (χ3v) is 4.80. The number of rotatable bonds is 4. The Labute approximate surface area is 157 Å². The number of alkyl halides is 3. The van der Waals surface area contributed by atoms with Crippen LogP contribution in [0.2, 0.25) is 5.15 Å². The molecular weight excluding hydrogens is 411 g/mol. The standard InChI is InChI=1S/C14H9ClF3N5O3S/c1-5(24)11-10(12(19)26)23-9(25)2-6(20-13(23)27-11)4-22-7(14(16,17)18)3-8(15)21-22/h2-3H,4H2,1H3,(H2,19,26). The molecule has 2 N–H and O–H groups in total. The van der Waals surface area contributed by atoms with Gasteiger partial charge in [-0.2, -0.15) is 18.3 Å². The number of carbonyl (C=O) groups is 2. The van der Waals surface area contributed by atoms with Crippen LogP contribution in [0.4, 0.5) is 13.2 Å². The molecule has 0 aliphatic heterocycles. The van der Waals surface area contributed by atoms with Crippen LogP contribution in [0.5, 0.6) is 0 Å². The minimum absolute atomic E-state index is 0.0525. The zero-order valence-corrected chi connectivity index (χ0v) is 14.9. The molecule has 0 spiro atoms. The van der Waals surface area contributed by atoms with Crippen molar-refractivity contribution in [3.05, 3.63) is 49.6 Å². The Balaban J connectivity index is 2.15. The van der Waals surface area contributed by atoms with E-state index in [9.17, 15) is 27.6 Å². The van der Waals surface area contributed by atoms with Crippen molar-refractivity contribution in [1.29, 1.82) is 0 Å². The van der Waals surface area contributed by atoms with Crippen LogP contribution in [0.3, 0.4) is 0 Å². The van der Waals surface area contributed by atoms with Crippen molar-refractivity contribution in [2.75, 3.05) is 0 Å². The highest BCUT2D eigenvalue weighted by Crippen LogP contribution is 2.31. The summed E-state index contributed by atoms with van der Waals surface area (Å²) in [5.41, 5.74) is 2.99. The van der Waals surface area contributed by atoms with Crippen molar-refractivity contribution < 1.29 is 22.8 Å². The maximum Gasteiger partial charge on any atom is 0.433 e. The van der Waals surface area contributed by atoms with Gasteiger partial charge < -0.3 is 5.73 Å². The van der Waals surface area contributed by atoms with E-state index in [1.165, 1.54) is 6.92 Å². The van der Waals surface area contributed by atoms with E-state index in [0.29, 0.717) is 10.7 Å². The number of halogens is 4. The van der Waals surface area contributed by atoms with E-state index in [1.54, 1.807) is 0 Å². The van der Waals surface area contributed by atoms with E-state index in [-0.39, 0.29) is 26.4 Å². The van der Waals surface area contributed by atoms with Crippen molar-refractivity contribution in [2.24, 2.45) is 5.73 Å². The average Bonchev–Trinajstić information content (AvgIpc) is 3.08. The normalized spacial score (nSPS) is 11.9. The highest BCUT2D eigenvalue weighted by Gasteiger charge is 2.36. The number of nitrogens with zero attached hydrogens (tertiary/aromatic N) is 4. The topological polar surface area (TPSA) is 112 Å². The fourth-order valence-corrected chi connectivity index (χ4v) is 3.70. The Morgan fingerprint density at radius 1 is 1.33 bits per heavy atom. The molecule has 0 radical (unpaired) electrons. The summed E-state index contributed by atoms with van der Waals surface area (Å²) in [4.78, 5) is 39.6. The smallest absolute Gasteiger partial charge is 0.364 e. The first-order chi connectivity index (χ1) is 12.5. The van der Waals surface area contributed by atoms with E-state index >= 15 is 0 Å². The Bertz CT molecular complexity index is 1150. The average molecular weight is 420 g/mol. The highest BCUT2D eigenvalue weighted by molar-refractivity contribution is 7.19. The largest absolute Gasteiger partial charge is 0.433 e. The molecular formula is C14H9ClF3N5O3S. The summed E-state index contributed by atoms with van der Waals surface area (Å²) < 4.78 is 40.5. The molecule has 3 rings (SSSR count). The fourth-order valence-electron chi connectivity index (χ4n) is 2.45. The van der Waals surface area contributed by atoms with Gasteiger partial charge in [0.15, 0.2) is 15.9 Å². The van der Waals surface area contributed by atoms with Crippen LogP contribution in [0.1, 0.15) is 38.5 Å². The van der Waals surface area contributed by atoms with Gasteiger partial charge in [-0.25, -0.2) is 9.38 Å². The number of carbonyl (C=O) groups excluding carboxylic acids is 2. The number of hydrogen-bond donors (Lipinski definition) is 1. The van der Waals surface area contributed by atoms with Gasteiger partial charge in [-0.1, -0.05) is 22.9 Å². The van der Waals surface area contributed by atoms with Crippen molar-refractivity contribution in [3.63, 3.8) is 0 Å². The monoisotopic (exact) mass is 419 g/mol. The van der Waals surface area contributed by atoms with Gasteiger partial charge in [0.2, 0.25) is 0 Å². The SMILES string of the molecule is CC(=O)c1sc2nc(Cn3nc(Cl)cc3C(F)(F)F)cc(=O)n2c1C(N)=O. The summed E-state index contributed by atoms with van der Waals surface area (Å²) >= 11 is 6.29. The van der Waals surface area contributed by atoms with E-state index in [2.05, 4.69) is 10.1 Å². The van der Waals surface area contributed by atoms with Crippen LogP contribution in [0, 0.1) is 0 Å². The zero-order chi connectivity index (χ0) is 20.1. The van der Waals surface area contributed by atoms with Gasteiger partial charge in [0.05, 0.1) is 12.2 Å². The third kappa shape index (κ3) is 3.45. The van der Waals surface area contributed by atoms with Gasteiger partial charge in [-0.05, 0) is 0 Å². The first-order valence-electron chi connectivity index (χ1n) is 7.15. The first kappa shape index (κ1) is 19.0. The second-order valence-electron chi connectivity index (χ2n) is 5.41. The molecule has 0 aliphatic carbocycles. The second-order valence-corrected chi connectivity index (χ2v) is 6.78. The molecule has 0 saturated heterocycles. The molecule has 0 unspecified atom stereocenters. The number of hydrogen-bond acceptors (Lipinski definition) is 6. The molecule has 0 atom stereocenters. The minimum atomic E-state index is -4.71. The molecule has 0 bridgehead atoms. The highest BCUT2D eigenvalue weighted by atomic mass is 35.5. The van der Waals surface area contributed by atoms with Crippen LogP contribution in [-0.2, 0) is 12.7 Å². The minimum Gasteiger partial charge on any atom is -0.364 e. The molecule has 3 heterocycles. The van der Waals surface area contributed by atoms with Crippen molar-refractivity contribution in [2.45, 2.75) is 19.6 Å². The molecule has 0 aliphatic rings. The number of amides is 1. The van der Waals surface area contributed by atoms with Crippen LogP contribution in [0.25, 0.3) is 4.96 Å². The van der Waals surface area contributed by atoms with Crippen molar-refractivity contribution >= 4 is 39.6 Å². The molecule has 0 fully saturated rings. The number of aromatic nitrogens is 4. The lowest BCUT2D eigenvalue weighted by molar-refractivity contribution is -0.144. The lowest BCUT2D eigenvalue weighted by Crippen LogP contribution is -2.24. The summed E-state index contributed by atoms with van der Waals surface area (Å²) in [6.45, 7) is 0.691. The van der Waals surface area contributed by atoms with Crippen LogP contribution in [0.15, 0.2) is 16.9 Å². The van der Waals surface area contributed by atoms with Gasteiger partial charge in [-0.15, -0.1) is 0 Å². The molecule has 8 nitrogen and oxygen atoms in total. The summed E-state index contributed by atoms with van der Waals surface area (Å²) in [7, 11) is 0.